The predicted molar refractivity (Wildman–Crippen MR) is 56.6 cm³/mol. The molecule has 0 atom stereocenters. The Balaban J connectivity index is 2.64. The molecule has 1 rings (SSSR count). The van der Waals surface area contributed by atoms with E-state index in [1.807, 2.05) is 37.3 Å². The van der Waals surface area contributed by atoms with Crippen LogP contribution in [0.5, 0.6) is 5.75 Å². The normalized spacial score (nSPS) is 10.6. The third-order valence-corrected chi connectivity index (χ3v) is 1.67. The van der Waals surface area contributed by atoms with Crippen LogP contribution in [-0.2, 0) is 0 Å². The van der Waals surface area contributed by atoms with Crippen LogP contribution in [-0.4, -0.2) is 6.61 Å². The van der Waals surface area contributed by atoms with Gasteiger partial charge in [-0.3, -0.25) is 0 Å². The van der Waals surface area contributed by atoms with Gasteiger partial charge in [-0.25, -0.2) is 0 Å². The topological polar surface area (TPSA) is 9.23 Å². The van der Waals surface area contributed by atoms with Crippen molar-refractivity contribution < 1.29 is 4.74 Å². The van der Waals surface area contributed by atoms with Crippen molar-refractivity contribution in [1.82, 2.24) is 0 Å². The highest BCUT2D eigenvalue weighted by atomic mass is 16.5. The number of rotatable bonds is 4. The number of hydrogen-bond acceptors (Lipinski definition) is 1. The first-order valence-corrected chi connectivity index (χ1v) is 4.55. The quantitative estimate of drug-likeness (QED) is 0.682. The van der Waals surface area contributed by atoms with Crippen LogP contribution >= 0.6 is 0 Å². The Morgan fingerprint density at radius 3 is 2.54 bits per heavy atom. The van der Waals surface area contributed by atoms with Gasteiger partial charge >= 0.3 is 0 Å². The van der Waals surface area contributed by atoms with Crippen LogP contribution in [0.4, 0.5) is 0 Å². The van der Waals surface area contributed by atoms with Gasteiger partial charge in [-0.1, -0.05) is 24.3 Å². The van der Waals surface area contributed by atoms with E-state index < -0.39 is 0 Å². The zero-order valence-corrected chi connectivity index (χ0v) is 7.99. The third-order valence-electron chi connectivity index (χ3n) is 1.67. The summed E-state index contributed by atoms with van der Waals surface area (Å²) in [5.41, 5.74) is 1.19. The van der Waals surface area contributed by atoms with Crippen molar-refractivity contribution in [3.05, 3.63) is 42.8 Å². The van der Waals surface area contributed by atoms with Gasteiger partial charge in [-0.2, -0.15) is 0 Å². The summed E-state index contributed by atoms with van der Waals surface area (Å²) in [5.74, 6) is 0.925. The van der Waals surface area contributed by atoms with E-state index in [-0.39, 0.29) is 0 Å². The van der Waals surface area contributed by atoms with Crippen molar-refractivity contribution in [1.29, 1.82) is 0 Å². The lowest BCUT2D eigenvalue weighted by atomic mass is 10.2. The maximum Gasteiger partial charge on any atom is 0.119 e. The summed E-state index contributed by atoms with van der Waals surface area (Å²) in [6.45, 7) is 6.44. The van der Waals surface area contributed by atoms with E-state index in [9.17, 15) is 0 Å². The van der Waals surface area contributed by atoms with Crippen LogP contribution in [0, 0.1) is 6.92 Å². The molecule has 0 heterocycles. The maximum absolute atomic E-state index is 5.33. The molecule has 0 aliphatic heterocycles. The van der Waals surface area contributed by atoms with Crippen molar-refractivity contribution >= 4 is 6.08 Å². The zero-order chi connectivity index (χ0) is 9.52. The van der Waals surface area contributed by atoms with Crippen LogP contribution in [0.25, 0.3) is 6.08 Å². The predicted octanol–water partition coefficient (Wildman–Crippen LogP) is 3.32. The van der Waals surface area contributed by atoms with E-state index in [0.717, 1.165) is 12.2 Å². The monoisotopic (exact) mass is 175 g/mol. The Bertz CT molecular complexity index is 259. The van der Waals surface area contributed by atoms with Gasteiger partial charge in [0.15, 0.2) is 0 Å². The van der Waals surface area contributed by atoms with E-state index in [4.69, 9.17) is 4.74 Å². The van der Waals surface area contributed by atoms with Gasteiger partial charge in [0, 0.05) is 0 Å². The van der Waals surface area contributed by atoms with Gasteiger partial charge in [-0.15, -0.1) is 0 Å². The van der Waals surface area contributed by atoms with Gasteiger partial charge in [0.1, 0.15) is 5.75 Å². The molecule has 0 saturated carbocycles. The standard InChI is InChI=1S/C12H15O/c1-3-5-6-11-7-9-12(10-8-11)13-4-2/h5-10H,1,3-4H2,2H3. The first-order valence-electron chi connectivity index (χ1n) is 4.55. The lowest BCUT2D eigenvalue weighted by Gasteiger charge is -2.01. The van der Waals surface area contributed by atoms with Crippen molar-refractivity contribution in [2.75, 3.05) is 6.61 Å². The molecule has 0 fully saturated rings. The zero-order valence-electron chi connectivity index (χ0n) is 7.99. The second-order valence-electron chi connectivity index (χ2n) is 2.69. The highest BCUT2D eigenvalue weighted by Crippen LogP contribution is 2.12. The van der Waals surface area contributed by atoms with Crippen LogP contribution in [0.2, 0.25) is 0 Å². The molecule has 1 aromatic rings. The number of hydrogen-bond donors (Lipinski definition) is 0. The Morgan fingerprint density at radius 1 is 1.31 bits per heavy atom. The molecule has 0 unspecified atom stereocenters. The van der Waals surface area contributed by atoms with Gasteiger partial charge in [0.05, 0.1) is 6.61 Å². The average Bonchev–Trinajstić information content (AvgIpc) is 2.17. The molecule has 0 aliphatic carbocycles. The average molecular weight is 175 g/mol. The van der Waals surface area contributed by atoms with Gasteiger partial charge in [0.2, 0.25) is 0 Å². The molecule has 0 bridgehead atoms. The highest BCUT2D eigenvalue weighted by Gasteiger charge is 1.90. The summed E-state index contributed by atoms with van der Waals surface area (Å²) in [6.07, 6.45) is 4.92. The summed E-state index contributed by atoms with van der Waals surface area (Å²) < 4.78 is 5.33. The summed E-state index contributed by atoms with van der Waals surface area (Å²) in [7, 11) is 0. The molecule has 1 heteroatoms. The molecule has 13 heavy (non-hydrogen) atoms. The van der Waals surface area contributed by atoms with Gasteiger partial charge in [-0.05, 0) is 38.0 Å². The van der Waals surface area contributed by atoms with Crippen LogP contribution in [0.1, 0.15) is 18.9 Å². The van der Waals surface area contributed by atoms with Crippen molar-refractivity contribution in [3.63, 3.8) is 0 Å². The molecular formula is C12H15O. The Kier molecular flexibility index (Phi) is 4.10. The number of ether oxygens (including phenoxy) is 1. The van der Waals surface area contributed by atoms with E-state index in [1.165, 1.54) is 5.56 Å². The molecule has 69 valence electrons. The summed E-state index contributed by atoms with van der Waals surface area (Å²) >= 11 is 0. The summed E-state index contributed by atoms with van der Waals surface area (Å²) in [6, 6.07) is 8.03. The molecule has 1 aromatic carbocycles. The fourth-order valence-corrected chi connectivity index (χ4v) is 1.06. The van der Waals surface area contributed by atoms with Crippen LogP contribution in [0.15, 0.2) is 30.3 Å². The Hall–Kier alpha value is -1.24. The smallest absolute Gasteiger partial charge is 0.119 e. The van der Waals surface area contributed by atoms with Crippen LogP contribution < -0.4 is 4.74 Å². The first-order chi connectivity index (χ1) is 6.36. The molecule has 0 spiro atoms. The lowest BCUT2D eigenvalue weighted by molar-refractivity contribution is 0.340. The minimum Gasteiger partial charge on any atom is -0.494 e. The molecule has 0 aromatic heterocycles. The molecule has 0 amide bonds. The minimum absolute atomic E-state index is 0.716. The SMILES string of the molecule is [CH2]CC=Cc1ccc(OCC)cc1. The van der Waals surface area contributed by atoms with E-state index >= 15 is 0 Å². The minimum atomic E-state index is 0.716. The summed E-state index contributed by atoms with van der Waals surface area (Å²) in [4.78, 5) is 0. The fourth-order valence-electron chi connectivity index (χ4n) is 1.06. The lowest BCUT2D eigenvalue weighted by Crippen LogP contribution is -1.90. The second kappa shape index (κ2) is 5.41. The van der Waals surface area contributed by atoms with Gasteiger partial charge < -0.3 is 4.74 Å². The molecule has 0 N–H and O–H groups in total. The van der Waals surface area contributed by atoms with Crippen molar-refractivity contribution in [2.45, 2.75) is 13.3 Å². The van der Waals surface area contributed by atoms with E-state index in [2.05, 4.69) is 13.0 Å². The number of benzene rings is 1. The fraction of sp³-hybridized carbons (Fsp3) is 0.250. The van der Waals surface area contributed by atoms with E-state index in [0.29, 0.717) is 6.61 Å². The maximum atomic E-state index is 5.33. The number of allylic oxidation sites excluding steroid dienone is 1. The molecule has 0 aliphatic rings. The molecule has 0 saturated heterocycles. The Morgan fingerprint density at radius 2 is 2.00 bits per heavy atom. The summed E-state index contributed by atoms with van der Waals surface area (Å²) in [5, 5.41) is 0. The second-order valence-corrected chi connectivity index (χ2v) is 2.69. The largest absolute Gasteiger partial charge is 0.494 e. The van der Waals surface area contributed by atoms with E-state index in [1.54, 1.807) is 0 Å². The first kappa shape index (κ1) is 9.85. The highest BCUT2D eigenvalue weighted by molar-refractivity contribution is 5.50. The third kappa shape index (κ3) is 3.32. The van der Waals surface area contributed by atoms with Crippen LogP contribution in [0.3, 0.4) is 0 Å². The Labute approximate surface area is 80.0 Å². The van der Waals surface area contributed by atoms with Crippen molar-refractivity contribution in [2.24, 2.45) is 0 Å². The molecular weight excluding hydrogens is 160 g/mol. The molecule has 1 nitrogen and oxygen atoms in total. The molecule has 1 radical (unpaired) electrons. The van der Waals surface area contributed by atoms with Crippen molar-refractivity contribution in [3.8, 4) is 5.75 Å². The van der Waals surface area contributed by atoms with Gasteiger partial charge in [0.25, 0.3) is 0 Å².